The number of carbonyl (C=O) groups is 4. The van der Waals surface area contributed by atoms with Crippen LogP contribution in [0.1, 0.15) is 99.1 Å². The molecule has 4 aromatic heterocycles. The summed E-state index contributed by atoms with van der Waals surface area (Å²) in [6.45, 7) is 14.8. The number of hydrogen-bond donors (Lipinski definition) is 2. The number of likely N-dealkylation sites (tertiary alicyclic amines) is 2. The lowest BCUT2D eigenvalue weighted by atomic mass is 10.1. The van der Waals surface area contributed by atoms with Crippen LogP contribution in [0.25, 0.3) is 22.1 Å². The van der Waals surface area contributed by atoms with E-state index in [-0.39, 0.29) is 30.2 Å². The molecule has 0 aliphatic carbocycles. The summed E-state index contributed by atoms with van der Waals surface area (Å²) in [6.07, 6.45) is 6.47. The molecule has 6 heterocycles. The number of benzene rings is 4. The van der Waals surface area contributed by atoms with Gasteiger partial charge in [0, 0.05) is 62.8 Å². The van der Waals surface area contributed by atoms with Gasteiger partial charge in [-0.25, -0.2) is 38.5 Å². The molecule has 2 aliphatic rings. The summed E-state index contributed by atoms with van der Waals surface area (Å²) >= 11 is 2.19. The molecule has 8 aromatic rings. The topological polar surface area (TPSA) is 248 Å². The predicted octanol–water partition coefficient (Wildman–Crippen LogP) is 11.9. The van der Waals surface area contributed by atoms with E-state index in [0.29, 0.717) is 83.7 Å². The molecule has 460 valence electrons. The molecule has 4 aromatic carbocycles. The largest absolute Gasteiger partial charge is 0.497 e. The summed E-state index contributed by atoms with van der Waals surface area (Å²) in [4.78, 5) is 60.5. The fourth-order valence-electron chi connectivity index (χ4n) is 9.49. The molecule has 0 unspecified atom stereocenters. The number of carbonyl (C=O) groups excluding carboxylic acids is 4. The van der Waals surface area contributed by atoms with Gasteiger partial charge >= 0.3 is 24.1 Å². The molecule has 2 fully saturated rings. The van der Waals surface area contributed by atoms with Crippen molar-refractivity contribution in [1.82, 2.24) is 39.3 Å². The Balaban J connectivity index is 0.000000192. The normalized spacial score (nSPS) is 15.0. The number of pyridine rings is 2. The average Bonchev–Trinajstić information content (AvgIpc) is 2.81. The number of anilines is 1. The van der Waals surface area contributed by atoms with E-state index in [4.69, 9.17) is 48.7 Å². The Bertz CT molecular complexity index is 3620. The number of nitrogens with two attached hydrogens (primary N) is 1. The third-order valence-electron chi connectivity index (χ3n) is 13.7. The van der Waals surface area contributed by atoms with Crippen LogP contribution in [0.3, 0.4) is 0 Å². The smallest absolute Gasteiger partial charge is 0.410 e. The number of piperidine rings is 2. The first-order valence-corrected chi connectivity index (χ1v) is 29.5. The van der Waals surface area contributed by atoms with Gasteiger partial charge in [0.25, 0.3) is 0 Å². The van der Waals surface area contributed by atoms with Crippen molar-refractivity contribution in [3.05, 3.63) is 148 Å². The number of nitrogens with one attached hydrogen (secondary N) is 1. The van der Waals surface area contributed by atoms with Gasteiger partial charge in [-0.05, 0) is 174 Å². The minimum absolute atomic E-state index is 0.0544. The van der Waals surface area contributed by atoms with Crippen molar-refractivity contribution in [3.63, 3.8) is 0 Å². The van der Waals surface area contributed by atoms with Crippen LogP contribution >= 0.6 is 22.6 Å². The maximum atomic E-state index is 12.8. The fraction of sp³-hybridized carbons (Fsp3) is 0.375. The number of rotatable bonds is 14. The van der Waals surface area contributed by atoms with Crippen LogP contribution in [-0.4, -0.2) is 141 Å². The number of halogens is 1. The predicted molar refractivity (Wildman–Crippen MR) is 337 cm³/mol. The van der Waals surface area contributed by atoms with Gasteiger partial charge < -0.3 is 58.7 Å². The van der Waals surface area contributed by atoms with E-state index in [1.54, 1.807) is 97.1 Å². The van der Waals surface area contributed by atoms with Crippen LogP contribution in [0.2, 0.25) is 0 Å². The Labute approximate surface area is 519 Å². The maximum Gasteiger partial charge on any atom is 0.410 e. The van der Waals surface area contributed by atoms with Crippen LogP contribution < -0.4 is 30.0 Å². The molecule has 3 N–H and O–H groups in total. The summed E-state index contributed by atoms with van der Waals surface area (Å²) in [5, 5.41) is 14.7. The van der Waals surface area contributed by atoms with Crippen LogP contribution in [-0.2, 0) is 32.0 Å². The number of esters is 2. The summed E-state index contributed by atoms with van der Waals surface area (Å²) < 4.78 is 47.8. The fourth-order valence-corrected chi connectivity index (χ4v) is 10.3. The first-order chi connectivity index (χ1) is 41.6. The summed E-state index contributed by atoms with van der Waals surface area (Å²) in [5.74, 6) is 3.74. The number of fused-ring (bicyclic) bond motifs is 2. The second kappa shape index (κ2) is 29.1. The van der Waals surface area contributed by atoms with Crippen molar-refractivity contribution in [2.45, 2.75) is 104 Å². The third-order valence-corrected chi connectivity index (χ3v) is 14.4. The molecule has 0 bridgehead atoms. The van der Waals surface area contributed by atoms with Crippen molar-refractivity contribution in [3.8, 4) is 34.5 Å². The first-order valence-electron chi connectivity index (χ1n) is 28.4. The summed E-state index contributed by atoms with van der Waals surface area (Å²) in [5.41, 5.74) is 9.17. The molecule has 2 atom stereocenters. The van der Waals surface area contributed by atoms with Crippen molar-refractivity contribution in [2.24, 2.45) is 5.73 Å². The van der Waals surface area contributed by atoms with E-state index >= 15 is 0 Å². The lowest BCUT2D eigenvalue weighted by Gasteiger charge is -2.34. The van der Waals surface area contributed by atoms with E-state index < -0.39 is 17.2 Å². The minimum atomic E-state index is -0.569. The molecule has 0 radical (unpaired) electrons. The first kappa shape index (κ1) is 64.3. The number of aromatic nitrogens is 6. The van der Waals surface area contributed by atoms with Gasteiger partial charge in [0.05, 0.1) is 58.0 Å². The average molecular weight is 1300 g/mol. The Morgan fingerprint density at radius 3 is 1.44 bits per heavy atom. The zero-order valence-corrected chi connectivity index (χ0v) is 52.9. The summed E-state index contributed by atoms with van der Waals surface area (Å²) in [7, 11) is 5.98. The lowest BCUT2D eigenvalue weighted by Crippen LogP contribution is -2.47. The Morgan fingerprint density at radius 1 is 0.563 bits per heavy atom. The molecule has 0 saturated carbocycles. The van der Waals surface area contributed by atoms with E-state index in [0.717, 1.165) is 69.6 Å². The molecule has 87 heavy (non-hydrogen) atoms. The van der Waals surface area contributed by atoms with E-state index in [1.165, 1.54) is 14.2 Å². The molecular weight excluding hydrogens is 1230 g/mol. The monoisotopic (exact) mass is 1300 g/mol. The molecule has 23 heteroatoms. The van der Waals surface area contributed by atoms with E-state index in [2.05, 4.69) is 43.0 Å². The molecule has 0 spiro atoms. The quantitative estimate of drug-likeness (QED) is 0.0583. The summed E-state index contributed by atoms with van der Waals surface area (Å²) in [6, 6.07) is 32.8. The zero-order valence-electron chi connectivity index (χ0n) is 50.7. The van der Waals surface area contributed by atoms with Gasteiger partial charge in [-0.3, -0.25) is 0 Å². The van der Waals surface area contributed by atoms with Crippen molar-refractivity contribution < 1.29 is 57.1 Å². The number of methoxy groups -OCH3 is 4. The highest BCUT2D eigenvalue weighted by Crippen LogP contribution is 2.37. The second-order valence-corrected chi connectivity index (χ2v) is 23.7. The van der Waals surface area contributed by atoms with Crippen molar-refractivity contribution >= 4 is 74.6 Å². The minimum Gasteiger partial charge on any atom is -0.497 e. The molecule has 22 nitrogen and oxygen atoms in total. The Hall–Kier alpha value is -8.71. The van der Waals surface area contributed by atoms with E-state index in [9.17, 15) is 19.2 Å². The SMILES string of the molecule is CC(C)(C)OC(=O)N1CCC[C@@H](N)C1.COC(=O)c1ccc(Oc2ccnc3c2c(I)nn3Cc2ccc(OC)cc2)cc1.COC(=O)c1ccc(Oc2ccnc3c2c(N[C@@H]2CCCN(C(=O)OC(C)(C)C)C2)nn3Cc2ccc(OC)cc2)cc1. The Kier molecular flexibility index (Phi) is 21.5. The van der Waals surface area contributed by atoms with Crippen LogP contribution in [0.15, 0.2) is 122 Å². The van der Waals surface area contributed by atoms with E-state index in [1.807, 2.05) is 99.4 Å². The molecule has 2 aliphatic heterocycles. The standard InChI is InChI=1S/C32H37N5O6.C22H18IN3O4.C10H20N2O2/c1-32(2,3)43-31(39)36-18-6-7-23(20-36)34-28-27-26(42-25-14-10-22(11-15-25)30(38)41-5)16-17-33-29(27)37(35-28)19-21-8-12-24(40-4)13-9-21;1-28-16-7-3-14(4-8-16)13-26-21-19(20(23)25-26)18(11-12-24-21)30-17-9-5-15(6-10-17)22(27)29-2;1-10(2,3)14-9(13)12-6-4-5-8(11)7-12/h8-17,23H,6-7,18-20H2,1-5H3,(H,34,35);3-12H,13H2,1-2H3;8H,4-7,11H2,1-3H3/t23-;;8-/m1.1/s1. The number of hydrogen-bond acceptors (Lipinski definition) is 18. The van der Waals surface area contributed by atoms with Gasteiger partial charge in [0.1, 0.15) is 54.8 Å². The van der Waals surface area contributed by atoms with Gasteiger partial charge in [-0.2, -0.15) is 10.2 Å². The number of nitrogens with zero attached hydrogens (tertiary/aromatic N) is 8. The Morgan fingerprint density at radius 2 is 0.989 bits per heavy atom. The highest BCUT2D eigenvalue weighted by atomic mass is 127. The van der Waals surface area contributed by atoms with Crippen molar-refractivity contribution in [2.75, 3.05) is 59.9 Å². The van der Waals surface area contributed by atoms with Crippen LogP contribution in [0.4, 0.5) is 15.4 Å². The van der Waals surface area contributed by atoms with Gasteiger partial charge in [0.15, 0.2) is 17.1 Å². The lowest BCUT2D eigenvalue weighted by molar-refractivity contribution is 0.0193. The zero-order chi connectivity index (χ0) is 62.4. The van der Waals surface area contributed by atoms with Crippen LogP contribution in [0, 0.1) is 3.70 Å². The highest BCUT2D eigenvalue weighted by molar-refractivity contribution is 14.1. The molecule has 2 saturated heterocycles. The molecular formula is C64H75IN10O12. The number of amides is 2. The maximum absolute atomic E-state index is 12.8. The molecule has 2 amide bonds. The van der Waals surface area contributed by atoms with Gasteiger partial charge in [0.2, 0.25) is 0 Å². The third kappa shape index (κ3) is 17.7. The second-order valence-electron chi connectivity index (χ2n) is 22.6. The van der Waals surface area contributed by atoms with Gasteiger partial charge in [-0.15, -0.1) is 0 Å². The molecule has 10 rings (SSSR count). The highest BCUT2D eigenvalue weighted by Gasteiger charge is 2.30. The number of ether oxygens (including phenoxy) is 8. The van der Waals surface area contributed by atoms with Crippen LogP contribution in [0.5, 0.6) is 34.5 Å². The van der Waals surface area contributed by atoms with Gasteiger partial charge in [-0.1, -0.05) is 24.3 Å². The van der Waals surface area contributed by atoms with Crippen molar-refractivity contribution in [1.29, 1.82) is 0 Å².